The van der Waals surface area contributed by atoms with Crippen LogP contribution in [0.5, 0.6) is 11.5 Å². The normalized spacial score (nSPS) is 11.3. The lowest BCUT2D eigenvalue weighted by molar-refractivity contribution is 0.153. The van der Waals surface area contributed by atoms with Gasteiger partial charge in [-0.05, 0) is 63.2 Å². The van der Waals surface area contributed by atoms with Gasteiger partial charge in [0.1, 0.15) is 5.65 Å². The number of aromatic nitrogens is 3. The van der Waals surface area contributed by atoms with E-state index in [0.717, 1.165) is 5.56 Å². The van der Waals surface area contributed by atoms with E-state index in [1.807, 2.05) is 32.0 Å². The van der Waals surface area contributed by atoms with Crippen LogP contribution >= 0.6 is 12.2 Å². The highest BCUT2D eigenvalue weighted by Gasteiger charge is 2.19. The van der Waals surface area contributed by atoms with Crippen LogP contribution in [0.25, 0.3) is 11.0 Å². The summed E-state index contributed by atoms with van der Waals surface area (Å²) < 4.78 is 40.0. The largest absolute Gasteiger partial charge is 0.490 e. The molecule has 0 unspecified atom stereocenters. The SMILES string of the molecule is CCOc1ccc(CCn2c(=S)[nH]c(=O)c3c(C(F)F)cc(C)nc32)cc1OCC. The highest BCUT2D eigenvalue weighted by atomic mass is 32.1. The lowest BCUT2D eigenvalue weighted by Crippen LogP contribution is -2.18. The average molecular weight is 435 g/mol. The molecule has 2 heterocycles. The highest BCUT2D eigenvalue weighted by molar-refractivity contribution is 7.71. The fourth-order valence-electron chi connectivity index (χ4n) is 3.30. The molecule has 30 heavy (non-hydrogen) atoms. The molecule has 0 fully saturated rings. The molecule has 6 nitrogen and oxygen atoms in total. The predicted molar refractivity (Wildman–Crippen MR) is 113 cm³/mol. The molecular formula is C21H23F2N3O3S. The molecule has 160 valence electrons. The third kappa shape index (κ3) is 4.51. The van der Waals surface area contributed by atoms with Crippen molar-refractivity contribution >= 4 is 23.3 Å². The van der Waals surface area contributed by atoms with Crippen molar-refractivity contribution in [1.29, 1.82) is 0 Å². The molecule has 0 aliphatic rings. The number of ether oxygens (including phenoxy) is 2. The number of aryl methyl sites for hydroxylation is 3. The van der Waals surface area contributed by atoms with E-state index in [9.17, 15) is 13.6 Å². The summed E-state index contributed by atoms with van der Waals surface area (Å²) in [7, 11) is 0. The molecule has 3 rings (SSSR count). The van der Waals surface area contributed by atoms with Crippen LogP contribution in [-0.2, 0) is 13.0 Å². The van der Waals surface area contributed by atoms with Crippen LogP contribution in [0.1, 0.15) is 37.1 Å². The van der Waals surface area contributed by atoms with E-state index >= 15 is 0 Å². The second-order valence-electron chi connectivity index (χ2n) is 6.66. The topological polar surface area (TPSA) is 69.1 Å². The molecule has 0 saturated carbocycles. The molecular weight excluding hydrogens is 412 g/mol. The number of rotatable bonds is 8. The van der Waals surface area contributed by atoms with Crippen LogP contribution in [0, 0.1) is 11.7 Å². The van der Waals surface area contributed by atoms with Gasteiger partial charge in [0.15, 0.2) is 16.3 Å². The molecule has 9 heteroatoms. The first-order chi connectivity index (χ1) is 14.3. The molecule has 3 aromatic rings. The number of nitrogens with zero attached hydrogens (tertiary/aromatic N) is 2. The zero-order chi connectivity index (χ0) is 21.8. The van der Waals surface area contributed by atoms with E-state index in [4.69, 9.17) is 21.7 Å². The van der Waals surface area contributed by atoms with E-state index in [0.29, 0.717) is 43.4 Å². The van der Waals surface area contributed by atoms with Gasteiger partial charge in [0.25, 0.3) is 12.0 Å². The molecule has 2 aromatic heterocycles. The van der Waals surface area contributed by atoms with Crippen molar-refractivity contribution in [2.24, 2.45) is 0 Å². The number of alkyl halides is 2. The van der Waals surface area contributed by atoms with Crippen LogP contribution in [0.15, 0.2) is 29.1 Å². The number of hydrogen-bond donors (Lipinski definition) is 1. The zero-order valence-electron chi connectivity index (χ0n) is 17.0. The van der Waals surface area contributed by atoms with Crippen molar-refractivity contribution in [2.45, 2.75) is 40.2 Å². The van der Waals surface area contributed by atoms with E-state index < -0.39 is 12.0 Å². The summed E-state index contributed by atoms with van der Waals surface area (Å²) in [6.45, 7) is 6.78. The van der Waals surface area contributed by atoms with Crippen LogP contribution in [-0.4, -0.2) is 27.7 Å². The fourth-order valence-corrected chi connectivity index (χ4v) is 3.57. The first kappa shape index (κ1) is 21.9. The predicted octanol–water partition coefficient (Wildman–Crippen LogP) is 4.74. The molecule has 0 bridgehead atoms. The minimum atomic E-state index is -2.79. The Hall–Kier alpha value is -2.81. The Balaban J connectivity index is 2.02. The summed E-state index contributed by atoms with van der Waals surface area (Å²) in [6.07, 6.45) is -2.26. The third-order valence-electron chi connectivity index (χ3n) is 4.57. The van der Waals surface area contributed by atoms with Crippen molar-refractivity contribution in [2.75, 3.05) is 13.2 Å². The number of nitrogens with one attached hydrogen (secondary N) is 1. The molecule has 0 amide bonds. The van der Waals surface area contributed by atoms with Gasteiger partial charge in [-0.2, -0.15) is 0 Å². The number of H-pyrrole nitrogens is 1. The number of fused-ring (bicyclic) bond motifs is 1. The number of pyridine rings is 1. The lowest BCUT2D eigenvalue weighted by atomic mass is 10.1. The van der Waals surface area contributed by atoms with Gasteiger partial charge in [0.05, 0.1) is 18.6 Å². The summed E-state index contributed by atoms with van der Waals surface area (Å²) in [4.78, 5) is 19.2. The third-order valence-corrected chi connectivity index (χ3v) is 4.90. The van der Waals surface area contributed by atoms with Gasteiger partial charge in [-0.3, -0.25) is 9.78 Å². The quantitative estimate of drug-likeness (QED) is 0.518. The van der Waals surface area contributed by atoms with Gasteiger partial charge >= 0.3 is 0 Å². The Morgan fingerprint density at radius 3 is 2.53 bits per heavy atom. The van der Waals surface area contributed by atoms with Gasteiger partial charge in [-0.1, -0.05) is 6.07 Å². The molecule has 0 radical (unpaired) electrons. The maximum absolute atomic E-state index is 13.5. The fraction of sp³-hybridized carbons (Fsp3) is 0.381. The smallest absolute Gasteiger partial charge is 0.264 e. The summed E-state index contributed by atoms with van der Waals surface area (Å²) >= 11 is 5.29. The molecule has 0 saturated heterocycles. The number of aromatic amines is 1. The van der Waals surface area contributed by atoms with Crippen molar-refractivity contribution in [3.8, 4) is 11.5 Å². The summed E-state index contributed by atoms with van der Waals surface area (Å²) in [5, 5.41) is -0.133. The Morgan fingerprint density at radius 1 is 1.17 bits per heavy atom. The van der Waals surface area contributed by atoms with Crippen LogP contribution in [0.4, 0.5) is 8.78 Å². The molecule has 0 atom stereocenters. The lowest BCUT2D eigenvalue weighted by Gasteiger charge is -2.15. The first-order valence-corrected chi connectivity index (χ1v) is 10.1. The van der Waals surface area contributed by atoms with E-state index in [2.05, 4.69) is 9.97 Å². The van der Waals surface area contributed by atoms with Gasteiger partial charge in [0, 0.05) is 17.8 Å². The van der Waals surface area contributed by atoms with Crippen LogP contribution in [0.3, 0.4) is 0 Å². The monoisotopic (exact) mass is 435 g/mol. The summed E-state index contributed by atoms with van der Waals surface area (Å²) in [5.41, 5.74) is 0.502. The Labute approximate surface area is 177 Å². The molecule has 0 aliphatic carbocycles. The first-order valence-electron chi connectivity index (χ1n) is 9.66. The van der Waals surface area contributed by atoms with Crippen LogP contribution in [0.2, 0.25) is 0 Å². The number of hydrogen-bond acceptors (Lipinski definition) is 5. The maximum Gasteiger partial charge on any atom is 0.264 e. The highest BCUT2D eigenvalue weighted by Crippen LogP contribution is 2.29. The molecule has 0 spiro atoms. The van der Waals surface area contributed by atoms with Crippen molar-refractivity contribution in [3.63, 3.8) is 0 Å². The maximum atomic E-state index is 13.5. The summed E-state index contributed by atoms with van der Waals surface area (Å²) in [5.74, 6) is 1.30. The van der Waals surface area contributed by atoms with Gasteiger partial charge in [-0.25, -0.2) is 13.8 Å². The Morgan fingerprint density at radius 2 is 1.87 bits per heavy atom. The van der Waals surface area contributed by atoms with Crippen molar-refractivity contribution in [3.05, 3.63) is 56.2 Å². The number of halogens is 2. The number of benzene rings is 1. The summed E-state index contributed by atoms with van der Waals surface area (Å²) in [6, 6.07) is 6.87. The zero-order valence-corrected chi connectivity index (χ0v) is 17.8. The molecule has 0 aliphatic heterocycles. The Bertz CT molecular complexity index is 1170. The minimum Gasteiger partial charge on any atom is -0.490 e. The van der Waals surface area contributed by atoms with Gasteiger partial charge in [-0.15, -0.1) is 0 Å². The van der Waals surface area contributed by atoms with E-state index in [1.54, 1.807) is 11.5 Å². The van der Waals surface area contributed by atoms with Crippen LogP contribution < -0.4 is 15.0 Å². The van der Waals surface area contributed by atoms with Crippen molar-refractivity contribution < 1.29 is 18.3 Å². The second kappa shape index (κ2) is 9.34. The molecule has 1 aromatic carbocycles. The average Bonchev–Trinajstić information content (AvgIpc) is 2.69. The van der Waals surface area contributed by atoms with E-state index in [-0.39, 0.29) is 21.4 Å². The van der Waals surface area contributed by atoms with Gasteiger partial charge < -0.3 is 14.0 Å². The van der Waals surface area contributed by atoms with Gasteiger partial charge in [0.2, 0.25) is 0 Å². The molecule has 1 N–H and O–H groups in total. The van der Waals surface area contributed by atoms with E-state index in [1.165, 1.54) is 6.07 Å². The standard InChI is InChI=1S/C21H23F2N3O3S/c1-4-28-15-7-6-13(11-16(15)29-5-2)8-9-26-19-17(20(27)25-21(26)30)14(18(22)23)10-12(3)24-19/h6-7,10-11,18H,4-5,8-9H2,1-3H3,(H,25,27,30). The van der Waals surface area contributed by atoms with Crippen molar-refractivity contribution in [1.82, 2.24) is 14.5 Å². The Kier molecular flexibility index (Phi) is 6.81. The minimum absolute atomic E-state index is 0.133. The second-order valence-corrected chi connectivity index (χ2v) is 7.05.